The van der Waals surface area contributed by atoms with Crippen LogP contribution in [0.1, 0.15) is 21.6 Å². The van der Waals surface area contributed by atoms with E-state index in [2.05, 4.69) is 15.6 Å². The Hall–Kier alpha value is -3.65. The van der Waals surface area contributed by atoms with Crippen molar-refractivity contribution in [2.45, 2.75) is 6.92 Å². The van der Waals surface area contributed by atoms with Gasteiger partial charge in [0.15, 0.2) is 0 Å². The average Bonchev–Trinajstić information content (AvgIpc) is 2.63. The molecule has 0 aliphatic carbocycles. The van der Waals surface area contributed by atoms with Crippen molar-refractivity contribution < 1.29 is 4.79 Å². The van der Waals surface area contributed by atoms with Crippen molar-refractivity contribution in [2.75, 3.05) is 10.6 Å². The molecule has 5 heteroatoms. The lowest BCUT2D eigenvalue weighted by atomic mass is 10.2. The molecule has 0 saturated carbocycles. The molecule has 0 saturated heterocycles. The molecule has 2 N–H and O–H groups in total. The molecule has 122 valence electrons. The Bertz CT molecular complexity index is 925. The third kappa shape index (κ3) is 4.21. The van der Waals surface area contributed by atoms with E-state index in [-0.39, 0.29) is 5.91 Å². The smallest absolute Gasteiger partial charge is 0.274 e. The van der Waals surface area contributed by atoms with Gasteiger partial charge >= 0.3 is 0 Å². The third-order valence-corrected chi connectivity index (χ3v) is 3.57. The summed E-state index contributed by atoms with van der Waals surface area (Å²) in [5.41, 5.74) is 4.42. The van der Waals surface area contributed by atoms with Gasteiger partial charge in [0, 0.05) is 11.4 Å². The van der Waals surface area contributed by atoms with Crippen molar-refractivity contribution in [3.8, 4) is 6.07 Å². The van der Waals surface area contributed by atoms with E-state index in [9.17, 15) is 4.79 Å². The molecule has 0 bridgehead atoms. The number of amides is 1. The minimum absolute atomic E-state index is 0.299. The summed E-state index contributed by atoms with van der Waals surface area (Å²) in [6.45, 7) is 2.03. The lowest BCUT2D eigenvalue weighted by molar-refractivity contribution is 0.102. The van der Waals surface area contributed by atoms with Gasteiger partial charge in [0.1, 0.15) is 5.69 Å². The quantitative estimate of drug-likeness (QED) is 0.750. The van der Waals surface area contributed by atoms with Crippen molar-refractivity contribution >= 4 is 23.0 Å². The molecule has 0 spiro atoms. The fourth-order valence-electron chi connectivity index (χ4n) is 2.31. The Morgan fingerprint density at radius 2 is 1.76 bits per heavy atom. The largest absolute Gasteiger partial charge is 0.354 e. The molecule has 0 aliphatic rings. The first kappa shape index (κ1) is 16.2. The number of carbonyl (C=O) groups excluding carboxylic acids is 1. The fourth-order valence-corrected chi connectivity index (χ4v) is 2.31. The molecular weight excluding hydrogens is 312 g/mol. The monoisotopic (exact) mass is 328 g/mol. The molecular formula is C20H16N4O. The first-order valence-electron chi connectivity index (χ1n) is 7.75. The summed E-state index contributed by atoms with van der Waals surface area (Å²) in [4.78, 5) is 16.4. The summed E-state index contributed by atoms with van der Waals surface area (Å²) >= 11 is 0. The maximum atomic E-state index is 12.2. The van der Waals surface area contributed by atoms with Gasteiger partial charge in [-0.05, 0) is 61.0 Å². The van der Waals surface area contributed by atoms with Crippen molar-refractivity contribution in [3.05, 3.63) is 83.7 Å². The second-order valence-electron chi connectivity index (χ2n) is 5.57. The number of nitriles is 1. The average molecular weight is 328 g/mol. The number of benzene rings is 2. The van der Waals surface area contributed by atoms with Gasteiger partial charge in [-0.25, -0.2) is 4.98 Å². The number of aromatic nitrogens is 1. The zero-order chi connectivity index (χ0) is 17.6. The second-order valence-corrected chi connectivity index (χ2v) is 5.57. The van der Waals surface area contributed by atoms with Crippen LogP contribution in [0.4, 0.5) is 17.1 Å². The lowest BCUT2D eigenvalue weighted by Gasteiger charge is -2.08. The van der Waals surface area contributed by atoms with Gasteiger partial charge in [-0.15, -0.1) is 0 Å². The SMILES string of the molecule is Cc1cccc(Nc2ccc(C(=O)Nc3ccc(C#N)cc3)nc2)c1. The molecule has 25 heavy (non-hydrogen) atoms. The second kappa shape index (κ2) is 7.28. The predicted molar refractivity (Wildman–Crippen MR) is 97.8 cm³/mol. The summed E-state index contributed by atoms with van der Waals surface area (Å²) in [6.07, 6.45) is 1.62. The molecule has 3 rings (SSSR count). The maximum absolute atomic E-state index is 12.2. The molecule has 0 fully saturated rings. The Morgan fingerprint density at radius 3 is 2.40 bits per heavy atom. The van der Waals surface area contributed by atoms with E-state index < -0.39 is 0 Å². The Morgan fingerprint density at radius 1 is 1.00 bits per heavy atom. The Balaban J connectivity index is 1.66. The molecule has 0 atom stereocenters. The van der Waals surface area contributed by atoms with Crippen LogP contribution in [-0.2, 0) is 0 Å². The number of hydrogen-bond acceptors (Lipinski definition) is 4. The van der Waals surface area contributed by atoms with Crippen LogP contribution in [0.2, 0.25) is 0 Å². The van der Waals surface area contributed by atoms with Crippen LogP contribution in [-0.4, -0.2) is 10.9 Å². The summed E-state index contributed by atoms with van der Waals surface area (Å²) in [7, 11) is 0. The maximum Gasteiger partial charge on any atom is 0.274 e. The Kier molecular flexibility index (Phi) is 4.72. The van der Waals surface area contributed by atoms with Gasteiger partial charge in [-0.2, -0.15) is 5.26 Å². The Labute approximate surface area is 146 Å². The van der Waals surface area contributed by atoms with Gasteiger partial charge in [-0.1, -0.05) is 12.1 Å². The van der Waals surface area contributed by atoms with E-state index in [4.69, 9.17) is 5.26 Å². The normalized spacial score (nSPS) is 9.92. The van der Waals surface area contributed by atoms with E-state index in [0.717, 1.165) is 16.9 Å². The van der Waals surface area contributed by atoms with E-state index in [1.807, 2.05) is 43.3 Å². The number of pyridine rings is 1. The molecule has 2 aromatic carbocycles. The van der Waals surface area contributed by atoms with E-state index in [1.54, 1.807) is 36.5 Å². The summed E-state index contributed by atoms with van der Waals surface area (Å²) < 4.78 is 0. The van der Waals surface area contributed by atoms with Gasteiger partial charge in [-0.3, -0.25) is 4.79 Å². The number of nitrogens with zero attached hydrogens (tertiary/aromatic N) is 2. The van der Waals surface area contributed by atoms with Crippen molar-refractivity contribution in [3.63, 3.8) is 0 Å². The van der Waals surface area contributed by atoms with Crippen LogP contribution >= 0.6 is 0 Å². The van der Waals surface area contributed by atoms with Crippen molar-refractivity contribution in [1.82, 2.24) is 4.98 Å². The van der Waals surface area contributed by atoms with E-state index in [1.165, 1.54) is 0 Å². The summed E-state index contributed by atoms with van der Waals surface area (Å²) in [5.74, 6) is -0.299. The van der Waals surface area contributed by atoms with E-state index in [0.29, 0.717) is 16.9 Å². The molecule has 1 aromatic heterocycles. The van der Waals surface area contributed by atoms with Gasteiger partial charge in [0.05, 0.1) is 23.5 Å². The summed E-state index contributed by atoms with van der Waals surface area (Å²) in [6, 6.07) is 20.2. The summed E-state index contributed by atoms with van der Waals surface area (Å²) in [5, 5.41) is 14.8. The van der Waals surface area contributed by atoms with Crippen LogP contribution in [0.15, 0.2) is 66.9 Å². The highest BCUT2D eigenvalue weighted by molar-refractivity contribution is 6.03. The zero-order valence-electron chi connectivity index (χ0n) is 13.7. The van der Waals surface area contributed by atoms with Crippen molar-refractivity contribution in [1.29, 1.82) is 5.26 Å². The highest BCUT2D eigenvalue weighted by Gasteiger charge is 2.08. The third-order valence-electron chi connectivity index (χ3n) is 3.57. The molecule has 1 amide bonds. The molecule has 1 heterocycles. The van der Waals surface area contributed by atoms with Gasteiger partial charge in [0.25, 0.3) is 5.91 Å². The highest BCUT2D eigenvalue weighted by Crippen LogP contribution is 2.17. The number of rotatable bonds is 4. The van der Waals surface area contributed by atoms with Crippen LogP contribution in [0.25, 0.3) is 0 Å². The zero-order valence-corrected chi connectivity index (χ0v) is 13.7. The van der Waals surface area contributed by atoms with Gasteiger partial charge in [0.2, 0.25) is 0 Å². The topological polar surface area (TPSA) is 77.8 Å². The first-order valence-corrected chi connectivity index (χ1v) is 7.75. The van der Waals surface area contributed by atoms with Crippen LogP contribution in [0.5, 0.6) is 0 Å². The number of nitrogens with one attached hydrogen (secondary N) is 2. The highest BCUT2D eigenvalue weighted by atomic mass is 16.1. The minimum Gasteiger partial charge on any atom is -0.354 e. The van der Waals surface area contributed by atoms with Crippen LogP contribution in [0, 0.1) is 18.3 Å². The molecule has 0 unspecified atom stereocenters. The standard InChI is InChI=1S/C20H16N4O/c1-14-3-2-4-17(11-14)23-18-9-10-19(22-13-18)20(25)24-16-7-5-15(12-21)6-8-16/h2-11,13,23H,1H3,(H,24,25). The number of hydrogen-bond donors (Lipinski definition) is 2. The van der Waals surface area contributed by atoms with E-state index >= 15 is 0 Å². The molecule has 0 radical (unpaired) electrons. The van der Waals surface area contributed by atoms with Crippen LogP contribution in [0.3, 0.4) is 0 Å². The number of carbonyl (C=O) groups is 1. The number of aryl methyl sites for hydroxylation is 1. The first-order chi connectivity index (χ1) is 12.1. The van der Waals surface area contributed by atoms with Crippen LogP contribution < -0.4 is 10.6 Å². The van der Waals surface area contributed by atoms with Crippen molar-refractivity contribution in [2.24, 2.45) is 0 Å². The number of anilines is 3. The molecule has 5 nitrogen and oxygen atoms in total. The minimum atomic E-state index is -0.299. The predicted octanol–water partition coefficient (Wildman–Crippen LogP) is 4.26. The molecule has 0 aliphatic heterocycles. The molecule has 3 aromatic rings. The van der Waals surface area contributed by atoms with Gasteiger partial charge < -0.3 is 10.6 Å². The lowest BCUT2D eigenvalue weighted by Crippen LogP contribution is -2.13. The fraction of sp³-hybridized carbons (Fsp3) is 0.0500.